The Labute approximate surface area is 89.2 Å². The fourth-order valence-electron chi connectivity index (χ4n) is 1.88. The van der Waals surface area contributed by atoms with Crippen molar-refractivity contribution in [1.29, 1.82) is 0 Å². The number of likely N-dealkylation sites (tertiary alicyclic amines) is 1. The lowest BCUT2D eigenvalue weighted by Gasteiger charge is -2.17. The molecule has 0 aliphatic carbocycles. The van der Waals surface area contributed by atoms with Gasteiger partial charge in [0, 0.05) is 32.0 Å². The average Bonchev–Trinajstić information content (AvgIpc) is 2.50. The molecular weight excluding hydrogens is 196 g/mol. The molecule has 1 amide bonds. The number of aliphatic carboxylic acids is 1. The van der Waals surface area contributed by atoms with Crippen molar-refractivity contribution in [3.63, 3.8) is 0 Å². The number of rotatable bonds is 4. The number of amides is 1. The van der Waals surface area contributed by atoms with Gasteiger partial charge in [-0.05, 0) is 19.3 Å². The minimum atomic E-state index is -0.790. The molecule has 5 nitrogen and oxygen atoms in total. The molecule has 2 atom stereocenters. The summed E-state index contributed by atoms with van der Waals surface area (Å²) in [6.07, 6.45) is 1.29. The predicted octanol–water partition coefficient (Wildman–Crippen LogP) is 0.0469. The molecule has 1 saturated heterocycles. The van der Waals surface area contributed by atoms with Gasteiger partial charge >= 0.3 is 5.97 Å². The van der Waals surface area contributed by atoms with E-state index < -0.39 is 5.97 Å². The molecular formula is C10H18N2O3. The largest absolute Gasteiger partial charge is 0.481 e. The topological polar surface area (TPSA) is 83.6 Å². The molecule has 0 aromatic rings. The molecule has 0 saturated carbocycles. The molecule has 15 heavy (non-hydrogen) atoms. The molecule has 1 rings (SSSR count). The number of carboxylic acid groups (broad SMARTS) is 1. The third-order valence-electron chi connectivity index (χ3n) is 2.60. The molecule has 0 radical (unpaired) electrons. The first-order valence-electron chi connectivity index (χ1n) is 5.24. The maximum absolute atomic E-state index is 11.6. The first kappa shape index (κ1) is 12.0. The second-order valence-corrected chi connectivity index (χ2v) is 4.27. The SMILES string of the molecule is CC(N)CC(=O)N1CCC(CC(=O)O)C1. The Balaban J connectivity index is 2.35. The van der Waals surface area contributed by atoms with Crippen LogP contribution in [0.1, 0.15) is 26.2 Å². The molecule has 0 bridgehead atoms. The highest BCUT2D eigenvalue weighted by Gasteiger charge is 2.27. The Hall–Kier alpha value is -1.10. The lowest BCUT2D eigenvalue weighted by atomic mass is 10.1. The minimum absolute atomic E-state index is 0.0397. The summed E-state index contributed by atoms with van der Waals surface area (Å²) in [6, 6.07) is -0.129. The van der Waals surface area contributed by atoms with Gasteiger partial charge in [0.25, 0.3) is 0 Å². The van der Waals surface area contributed by atoms with E-state index in [4.69, 9.17) is 10.8 Å². The van der Waals surface area contributed by atoms with E-state index in [-0.39, 0.29) is 24.3 Å². The van der Waals surface area contributed by atoms with E-state index in [0.717, 1.165) is 6.42 Å². The Morgan fingerprint density at radius 2 is 2.27 bits per heavy atom. The van der Waals surface area contributed by atoms with Gasteiger partial charge < -0.3 is 15.7 Å². The molecule has 1 aliphatic rings. The van der Waals surface area contributed by atoms with E-state index in [0.29, 0.717) is 19.5 Å². The quantitative estimate of drug-likeness (QED) is 0.692. The van der Waals surface area contributed by atoms with Crippen LogP contribution in [-0.2, 0) is 9.59 Å². The number of hydrogen-bond acceptors (Lipinski definition) is 3. The number of nitrogens with two attached hydrogens (primary N) is 1. The summed E-state index contributed by atoms with van der Waals surface area (Å²) in [5, 5.41) is 8.62. The fourth-order valence-corrected chi connectivity index (χ4v) is 1.88. The van der Waals surface area contributed by atoms with Gasteiger partial charge in [-0.25, -0.2) is 0 Å². The van der Waals surface area contributed by atoms with Crippen molar-refractivity contribution in [3.05, 3.63) is 0 Å². The average molecular weight is 214 g/mol. The molecule has 0 spiro atoms. The Morgan fingerprint density at radius 3 is 2.80 bits per heavy atom. The molecule has 0 aromatic heterocycles. The molecule has 1 aliphatic heterocycles. The monoisotopic (exact) mass is 214 g/mol. The van der Waals surface area contributed by atoms with Crippen LogP contribution in [0.15, 0.2) is 0 Å². The van der Waals surface area contributed by atoms with E-state index in [1.54, 1.807) is 11.8 Å². The maximum atomic E-state index is 11.6. The molecule has 1 heterocycles. The van der Waals surface area contributed by atoms with Crippen LogP contribution in [0.3, 0.4) is 0 Å². The summed E-state index contributed by atoms with van der Waals surface area (Å²) >= 11 is 0. The van der Waals surface area contributed by atoms with Crippen LogP contribution in [0.2, 0.25) is 0 Å². The van der Waals surface area contributed by atoms with Gasteiger partial charge in [-0.3, -0.25) is 9.59 Å². The number of hydrogen-bond donors (Lipinski definition) is 2. The minimum Gasteiger partial charge on any atom is -0.481 e. The van der Waals surface area contributed by atoms with Gasteiger partial charge in [0.1, 0.15) is 0 Å². The smallest absolute Gasteiger partial charge is 0.303 e. The predicted molar refractivity (Wildman–Crippen MR) is 55.2 cm³/mol. The molecule has 1 fully saturated rings. The number of carbonyl (C=O) groups excluding carboxylic acids is 1. The second kappa shape index (κ2) is 5.11. The van der Waals surface area contributed by atoms with Crippen molar-refractivity contribution >= 4 is 11.9 Å². The summed E-state index contributed by atoms with van der Waals surface area (Å²) in [6.45, 7) is 3.03. The van der Waals surface area contributed by atoms with Gasteiger partial charge in [0.15, 0.2) is 0 Å². The molecule has 86 valence electrons. The third kappa shape index (κ3) is 3.87. The van der Waals surface area contributed by atoms with Crippen LogP contribution >= 0.6 is 0 Å². The summed E-state index contributed by atoms with van der Waals surface area (Å²) in [5.74, 6) is -0.640. The molecule has 2 unspecified atom stereocenters. The summed E-state index contributed by atoms with van der Waals surface area (Å²) in [7, 11) is 0. The number of carbonyl (C=O) groups is 2. The van der Waals surface area contributed by atoms with Crippen LogP contribution in [-0.4, -0.2) is 41.0 Å². The van der Waals surface area contributed by atoms with Crippen LogP contribution in [0, 0.1) is 5.92 Å². The van der Waals surface area contributed by atoms with Crippen LogP contribution < -0.4 is 5.73 Å². The van der Waals surface area contributed by atoms with Gasteiger partial charge in [-0.2, -0.15) is 0 Å². The van der Waals surface area contributed by atoms with Gasteiger partial charge in [0.2, 0.25) is 5.91 Å². The lowest BCUT2D eigenvalue weighted by molar-refractivity contribution is -0.138. The van der Waals surface area contributed by atoms with E-state index in [1.807, 2.05) is 0 Å². The van der Waals surface area contributed by atoms with Crippen molar-refractivity contribution in [2.45, 2.75) is 32.2 Å². The number of carboxylic acids is 1. The lowest BCUT2D eigenvalue weighted by Crippen LogP contribution is -2.33. The number of nitrogens with zero attached hydrogens (tertiary/aromatic N) is 1. The zero-order chi connectivity index (χ0) is 11.4. The Kier molecular flexibility index (Phi) is 4.08. The zero-order valence-corrected chi connectivity index (χ0v) is 8.98. The van der Waals surface area contributed by atoms with E-state index in [2.05, 4.69) is 0 Å². The zero-order valence-electron chi connectivity index (χ0n) is 8.98. The maximum Gasteiger partial charge on any atom is 0.303 e. The van der Waals surface area contributed by atoms with Crippen LogP contribution in [0.25, 0.3) is 0 Å². The van der Waals surface area contributed by atoms with Crippen molar-refractivity contribution in [1.82, 2.24) is 4.90 Å². The Bertz CT molecular complexity index is 253. The van der Waals surface area contributed by atoms with Gasteiger partial charge in [-0.1, -0.05) is 0 Å². The highest BCUT2D eigenvalue weighted by molar-refractivity contribution is 5.77. The van der Waals surface area contributed by atoms with E-state index in [1.165, 1.54) is 0 Å². The van der Waals surface area contributed by atoms with E-state index in [9.17, 15) is 9.59 Å². The van der Waals surface area contributed by atoms with Gasteiger partial charge in [0.05, 0.1) is 0 Å². The third-order valence-corrected chi connectivity index (χ3v) is 2.60. The summed E-state index contributed by atoms with van der Waals surface area (Å²) < 4.78 is 0. The fraction of sp³-hybridized carbons (Fsp3) is 0.800. The first-order chi connectivity index (χ1) is 6.99. The Morgan fingerprint density at radius 1 is 1.60 bits per heavy atom. The van der Waals surface area contributed by atoms with Crippen molar-refractivity contribution in [3.8, 4) is 0 Å². The van der Waals surface area contributed by atoms with Crippen LogP contribution in [0.4, 0.5) is 0 Å². The highest BCUT2D eigenvalue weighted by Crippen LogP contribution is 2.20. The second-order valence-electron chi connectivity index (χ2n) is 4.27. The molecule has 3 N–H and O–H groups in total. The molecule has 0 aromatic carbocycles. The standard InChI is InChI=1S/C10H18N2O3/c1-7(11)4-9(13)12-3-2-8(6-12)5-10(14)15/h7-8H,2-6,11H2,1H3,(H,14,15). The van der Waals surface area contributed by atoms with E-state index >= 15 is 0 Å². The summed E-state index contributed by atoms with van der Waals surface area (Å²) in [5.41, 5.74) is 5.53. The first-order valence-corrected chi connectivity index (χ1v) is 5.24. The molecule has 5 heteroatoms. The van der Waals surface area contributed by atoms with Gasteiger partial charge in [-0.15, -0.1) is 0 Å². The van der Waals surface area contributed by atoms with Crippen molar-refractivity contribution in [2.75, 3.05) is 13.1 Å². The normalized spacial score (nSPS) is 22.8. The summed E-state index contributed by atoms with van der Waals surface area (Å²) in [4.78, 5) is 23.8. The van der Waals surface area contributed by atoms with Crippen molar-refractivity contribution in [2.24, 2.45) is 11.7 Å². The highest BCUT2D eigenvalue weighted by atomic mass is 16.4. The van der Waals surface area contributed by atoms with Crippen LogP contribution in [0.5, 0.6) is 0 Å². The van der Waals surface area contributed by atoms with Crippen molar-refractivity contribution < 1.29 is 14.7 Å².